The lowest BCUT2D eigenvalue weighted by atomic mass is 9.79. The van der Waals surface area contributed by atoms with Crippen LogP contribution in [0.1, 0.15) is 52.9 Å². The summed E-state index contributed by atoms with van der Waals surface area (Å²) in [5.41, 5.74) is 4.22. The molecule has 1 aliphatic rings. The summed E-state index contributed by atoms with van der Waals surface area (Å²) in [6.07, 6.45) is 2.17. The average molecular weight is 588 g/mol. The van der Waals surface area contributed by atoms with Gasteiger partial charge >= 0.3 is 0 Å². The molecule has 4 rings (SSSR count). The first-order valence-electron chi connectivity index (χ1n) is 12.3. The van der Waals surface area contributed by atoms with Crippen LogP contribution in [-0.2, 0) is 25.7 Å². The van der Waals surface area contributed by atoms with Crippen LogP contribution < -0.4 is 10.6 Å². The Kier molecular flexibility index (Phi) is 7.87. The lowest BCUT2D eigenvalue weighted by Gasteiger charge is -2.24. The summed E-state index contributed by atoms with van der Waals surface area (Å²) < 4.78 is 61.9. The first-order chi connectivity index (χ1) is 18.5. The highest BCUT2D eigenvalue weighted by Crippen LogP contribution is 2.45. The molecule has 0 aliphatic heterocycles. The minimum absolute atomic E-state index is 0.145. The van der Waals surface area contributed by atoms with Gasteiger partial charge in [0.2, 0.25) is 0 Å². The van der Waals surface area contributed by atoms with Gasteiger partial charge in [-0.25, -0.2) is 4.98 Å². The third-order valence-electron chi connectivity index (χ3n) is 6.95. The predicted molar refractivity (Wildman–Crippen MR) is 151 cm³/mol. The van der Waals surface area contributed by atoms with E-state index in [2.05, 4.69) is 48.5 Å². The van der Waals surface area contributed by atoms with Crippen molar-refractivity contribution in [1.82, 2.24) is 15.6 Å². The molecule has 2 amide bonds. The number of nitrogens with one attached hydrogen (secondary N) is 2. The number of rotatable bonds is 9. The van der Waals surface area contributed by atoms with E-state index in [1.807, 2.05) is 24.3 Å². The highest BCUT2D eigenvalue weighted by Gasteiger charge is 2.31. The number of fused-ring (bicyclic) bond motifs is 3. The fourth-order valence-electron chi connectivity index (χ4n) is 4.65. The molecule has 13 heteroatoms. The van der Waals surface area contributed by atoms with Crippen LogP contribution in [0.3, 0.4) is 0 Å². The summed E-state index contributed by atoms with van der Waals surface area (Å²) in [6.45, 7) is 5.66. The van der Waals surface area contributed by atoms with Gasteiger partial charge in [0.1, 0.15) is 11.4 Å². The lowest BCUT2D eigenvalue weighted by Crippen LogP contribution is -2.32. The maximum atomic E-state index is 12.8. The molecule has 2 aromatic carbocycles. The van der Waals surface area contributed by atoms with Crippen LogP contribution in [0.5, 0.6) is 0 Å². The predicted octanol–water partition coefficient (Wildman–Crippen LogP) is 2.83. The number of aromatic nitrogens is 1. The first-order valence-corrected chi connectivity index (χ1v) is 15.5. The zero-order chi connectivity index (χ0) is 29.5. The van der Waals surface area contributed by atoms with E-state index in [0.717, 1.165) is 16.3 Å². The zero-order valence-corrected chi connectivity index (χ0v) is 23.7. The molecule has 0 atom stereocenters. The second-order valence-electron chi connectivity index (χ2n) is 10.1. The quantitative estimate of drug-likeness (QED) is 0.274. The van der Waals surface area contributed by atoms with Crippen LogP contribution in [0.2, 0.25) is 0 Å². The number of allylic oxidation sites excluding steroid dienone is 1. The molecule has 4 N–H and O–H groups in total. The molecule has 0 saturated carbocycles. The normalized spacial score (nSPS) is 14.5. The maximum Gasteiger partial charge on any atom is 0.269 e. The molecular formula is C27H29N3O8S2. The summed E-state index contributed by atoms with van der Waals surface area (Å²) in [6, 6.07) is 12.7. The van der Waals surface area contributed by atoms with Gasteiger partial charge in [-0.2, -0.15) is 16.8 Å². The number of carbonyl (C=O) groups is 2. The van der Waals surface area contributed by atoms with E-state index in [1.54, 1.807) is 0 Å². The first kappa shape index (κ1) is 29.3. The van der Waals surface area contributed by atoms with E-state index < -0.39 is 43.6 Å². The van der Waals surface area contributed by atoms with E-state index in [0.29, 0.717) is 11.1 Å². The van der Waals surface area contributed by atoms with Crippen LogP contribution in [0.4, 0.5) is 0 Å². The molecule has 11 nitrogen and oxygen atoms in total. The van der Waals surface area contributed by atoms with Gasteiger partial charge in [0.05, 0.1) is 11.5 Å². The Hall–Kier alpha value is -3.65. The lowest BCUT2D eigenvalue weighted by molar-refractivity contribution is 0.0947. The Morgan fingerprint density at radius 1 is 0.825 bits per heavy atom. The van der Waals surface area contributed by atoms with Gasteiger partial charge in [0.25, 0.3) is 32.1 Å². The molecule has 1 aliphatic carbocycles. The van der Waals surface area contributed by atoms with Crippen molar-refractivity contribution < 1.29 is 35.5 Å². The van der Waals surface area contributed by atoms with Crippen LogP contribution in [-0.4, -0.2) is 67.3 Å². The number of hydrogen-bond donors (Lipinski definition) is 4. The third-order valence-corrected chi connectivity index (χ3v) is 8.39. The Morgan fingerprint density at radius 2 is 1.38 bits per heavy atom. The third kappa shape index (κ3) is 6.55. The molecule has 3 aromatic rings. The van der Waals surface area contributed by atoms with Gasteiger partial charge in [-0.3, -0.25) is 18.7 Å². The number of amides is 2. The molecule has 212 valence electrons. The number of benzene rings is 2. The van der Waals surface area contributed by atoms with Crippen molar-refractivity contribution in [1.29, 1.82) is 0 Å². The molecule has 0 saturated heterocycles. The largest absolute Gasteiger partial charge is 0.350 e. The molecule has 1 aromatic heterocycles. The van der Waals surface area contributed by atoms with Gasteiger partial charge in [0.15, 0.2) is 0 Å². The average Bonchev–Trinajstić information content (AvgIpc) is 3.09. The van der Waals surface area contributed by atoms with E-state index in [4.69, 9.17) is 9.11 Å². The molecule has 1 heterocycles. The minimum Gasteiger partial charge on any atom is -0.350 e. The highest BCUT2D eigenvalue weighted by molar-refractivity contribution is 7.86. The SMILES string of the molecule is CC1=Cc2ccc3cc(-c4cc(C(=O)NCCS(=O)(=O)O)nc(C(=O)NCCS(=O)(=O)O)c4)ccc3c2C1(C)C. The summed E-state index contributed by atoms with van der Waals surface area (Å²) in [5, 5.41) is 6.70. The number of nitrogens with zero attached hydrogens (tertiary/aromatic N) is 1. The Labute approximate surface area is 232 Å². The zero-order valence-electron chi connectivity index (χ0n) is 22.1. The van der Waals surface area contributed by atoms with Crippen molar-refractivity contribution in [3.63, 3.8) is 0 Å². The van der Waals surface area contributed by atoms with Gasteiger partial charge < -0.3 is 10.6 Å². The van der Waals surface area contributed by atoms with Crippen molar-refractivity contribution in [2.24, 2.45) is 0 Å². The van der Waals surface area contributed by atoms with Crippen LogP contribution in [0.25, 0.3) is 28.0 Å². The molecule has 0 radical (unpaired) electrons. The van der Waals surface area contributed by atoms with Gasteiger partial charge in [-0.05, 0) is 58.1 Å². The summed E-state index contributed by atoms with van der Waals surface area (Å²) in [7, 11) is -8.61. The number of pyridine rings is 1. The van der Waals surface area contributed by atoms with E-state index in [1.165, 1.54) is 23.3 Å². The van der Waals surface area contributed by atoms with Gasteiger partial charge in [0, 0.05) is 18.5 Å². The van der Waals surface area contributed by atoms with Crippen molar-refractivity contribution in [2.75, 3.05) is 24.6 Å². The standard InChI is InChI=1S/C27H29N3O8S2/c1-16-12-19-5-4-18-13-17(6-7-21(18)24(19)27(16,2)3)20-14-22(25(31)28-8-10-39(33,34)35)30-23(15-20)26(32)29-9-11-40(36,37)38/h4-7,12-15H,8-11H2,1-3H3,(H,28,31)(H,29,32)(H,33,34,35)(H,36,37,38). The number of carbonyl (C=O) groups excluding carboxylic acids is 2. The van der Waals surface area contributed by atoms with Crippen molar-refractivity contribution in [3.05, 3.63) is 70.6 Å². The molecule has 0 bridgehead atoms. The monoisotopic (exact) mass is 587 g/mol. The Balaban J connectivity index is 1.72. The molecule has 0 unspecified atom stereocenters. The number of hydrogen-bond acceptors (Lipinski definition) is 7. The topological polar surface area (TPSA) is 180 Å². The smallest absolute Gasteiger partial charge is 0.269 e. The molecule has 0 spiro atoms. The van der Waals surface area contributed by atoms with Crippen molar-refractivity contribution >= 4 is 48.9 Å². The van der Waals surface area contributed by atoms with E-state index >= 15 is 0 Å². The summed E-state index contributed by atoms with van der Waals surface area (Å²) in [4.78, 5) is 29.6. The summed E-state index contributed by atoms with van der Waals surface area (Å²) >= 11 is 0. The van der Waals surface area contributed by atoms with E-state index in [-0.39, 0.29) is 29.9 Å². The minimum atomic E-state index is -4.31. The second kappa shape index (κ2) is 10.7. The Bertz CT molecular complexity index is 1710. The highest BCUT2D eigenvalue weighted by atomic mass is 32.2. The summed E-state index contributed by atoms with van der Waals surface area (Å²) in [5.74, 6) is -2.97. The second-order valence-corrected chi connectivity index (χ2v) is 13.3. The maximum absolute atomic E-state index is 12.8. The van der Waals surface area contributed by atoms with Gasteiger partial charge in [-0.1, -0.05) is 49.8 Å². The fourth-order valence-corrected chi connectivity index (χ4v) is 5.37. The molecular weight excluding hydrogens is 558 g/mol. The van der Waals surface area contributed by atoms with Crippen molar-refractivity contribution in [3.8, 4) is 11.1 Å². The Morgan fingerprint density at radius 3 is 1.90 bits per heavy atom. The van der Waals surface area contributed by atoms with Gasteiger partial charge in [-0.15, -0.1) is 0 Å². The van der Waals surface area contributed by atoms with Crippen molar-refractivity contribution in [2.45, 2.75) is 26.2 Å². The fraction of sp³-hybridized carbons (Fsp3) is 0.296. The molecule has 40 heavy (non-hydrogen) atoms. The van der Waals surface area contributed by atoms with Crippen LogP contribution >= 0.6 is 0 Å². The van der Waals surface area contributed by atoms with Crippen LogP contribution in [0, 0.1) is 0 Å². The van der Waals surface area contributed by atoms with Crippen LogP contribution in [0.15, 0.2) is 48.0 Å². The molecule has 0 fully saturated rings. The van der Waals surface area contributed by atoms with E-state index in [9.17, 15) is 26.4 Å².